The molecule has 2 aliphatic rings. The van der Waals surface area contributed by atoms with Crippen LogP contribution in [0.15, 0.2) is 18.2 Å². The molecule has 0 spiro atoms. The van der Waals surface area contributed by atoms with Crippen molar-refractivity contribution in [1.29, 1.82) is 0 Å². The second-order valence-electron chi connectivity index (χ2n) is 4.76. The molecule has 3 N–H and O–H groups in total. The summed E-state index contributed by atoms with van der Waals surface area (Å²) < 4.78 is 0. The highest BCUT2D eigenvalue weighted by molar-refractivity contribution is 5.53. The van der Waals surface area contributed by atoms with Gasteiger partial charge in [0.25, 0.3) is 0 Å². The standard InChI is InChI=1S/C13H18N2/c14-12-5-1-3-9-10(12)6-7-13-11(9)4-2-8-15-13/h1,3,5,11,13,15H,2,4,6-8,14H2. The minimum Gasteiger partial charge on any atom is -0.398 e. The van der Waals surface area contributed by atoms with Crippen molar-refractivity contribution >= 4 is 5.69 Å². The van der Waals surface area contributed by atoms with Crippen LogP contribution in [0.25, 0.3) is 0 Å². The Morgan fingerprint density at radius 2 is 2.20 bits per heavy atom. The number of hydrogen-bond acceptors (Lipinski definition) is 2. The summed E-state index contributed by atoms with van der Waals surface area (Å²) >= 11 is 0. The number of anilines is 1. The van der Waals surface area contributed by atoms with Crippen molar-refractivity contribution in [1.82, 2.24) is 5.32 Å². The van der Waals surface area contributed by atoms with Gasteiger partial charge in [0.15, 0.2) is 0 Å². The van der Waals surface area contributed by atoms with Crippen molar-refractivity contribution in [3.8, 4) is 0 Å². The minimum absolute atomic E-state index is 0.702. The molecule has 80 valence electrons. The molecule has 1 saturated heterocycles. The zero-order chi connectivity index (χ0) is 10.3. The van der Waals surface area contributed by atoms with Crippen LogP contribution in [-0.4, -0.2) is 12.6 Å². The van der Waals surface area contributed by atoms with Gasteiger partial charge in [-0.05, 0) is 55.3 Å². The number of fused-ring (bicyclic) bond motifs is 3. The maximum Gasteiger partial charge on any atom is 0.0349 e. The van der Waals surface area contributed by atoms with Crippen LogP contribution in [-0.2, 0) is 6.42 Å². The van der Waals surface area contributed by atoms with E-state index in [0.717, 1.165) is 12.1 Å². The molecule has 2 atom stereocenters. The molecule has 1 fully saturated rings. The Bertz CT molecular complexity index is 373. The highest BCUT2D eigenvalue weighted by Gasteiger charge is 2.31. The van der Waals surface area contributed by atoms with Gasteiger partial charge in [-0.15, -0.1) is 0 Å². The average molecular weight is 202 g/mol. The second kappa shape index (κ2) is 3.53. The third-order valence-electron chi connectivity index (χ3n) is 3.94. The minimum atomic E-state index is 0.702. The summed E-state index contributed by atoms with van der Waals surface area (Å²) in [6.45, 7) is 1.19. The highest BCUT2D eigenvalue weighted by atomic mass is 14.9. The van der Waals surface area contributed by atoms with E-state index in [1.165, 1.54) is 36.9 Å². The number of nitrogens with one attached hydrogen (secondary N) is 1. The molecule has 0 saturated carbocycles. The van der Waals surface area contributed by atoms with E-state index in [2.05, 4.69) is 17.4 Å². The van der Waals surface area contributed by atoms with Gasteiger partial charge in [0.2, 0.25) is 0 Å². The van der Waals surface area contributed by atoms with Gasteiger partial charge in [-0.2, -0.15) is 0 Å². The van der Waals surface area contributed by atoms with Gasteiger partial charge < -0.3 is 11.1 Å². The lowest BCUT2D eigenvalue weighted by atomic mass is 9.75. The van der Waals surface area contributed by atoms with Gasteiger partial charge in [0.05, 0.1) is 0 Å². The molecule has 0 aromatic heterocycles. The van der Waals surface area contributed by atoms with Crippen LogP contribution in [0.1, 0.15) is 36.3 Å². The van der Waals surface area contributed by atoms with Gasteiger partial charge in [0, 0.05) is 11.7 Å². The smallest absolute Gasteiger partial charge is 0.0349 e. The Kier molecular flexibility index (Phi) is 2.17. The molecule has 0 radical (unpaired) electrons. The Morgan fingerprint density at radius 3 is 3.13 bits per heavy atom. The normalized spacial score (nSPS) is 29.3. The molecule has 0 bridgehead atoms. The maximum absolute atomic E-state index is 6.04. The van der Waals surface area contributed by atoms with Crippen LogP contribution >= 0.6 is 0 Å². The first-order chi connectivity index (χ1) is 7.36. The molecule has 1 aliphatic heterocycles. The summed E-state index contributed by atoms with van der Waals surface area (Å²) in [5.41, 5.74) is 9.97. The van der Waals surface area contributed by atoms with Gasteiger partial charge >= 0.3 is 0 Å². The first kappa shape index (κ1) is 9.22. The predicted molar refractivity (Wildman–Crippen MR) is 62.9 cm³/mol. The van der Waals surface area contributed by atoms with Crippen molar-refractivity contribution in [3.05, 3.63) is 29.3 Å². The summed E-state index contributed by atoms with van der Waals surface area (Å²) in [6.07, 6.45) is 5.03. The first-order valence-corrected chi connectivity index (χ1v) is 5.97. The Morgan fingerprint density at radius 1 is 1.27 bits per heavy atom. The van der Waals surface area contributed by atoms with Crippen molar-refractivity contribution in [2.45, 2.75) is 37.6 Å². The zero-order valence-corrected chi connectivity index (χ0v) is 9.00. The van der Waals surface area contributed by atoms with Crippen LogP contribution < -0.4 is 11.1 Å². The van der Waals surface area contributed by atoms with Crippen molar-refractivity contribution in [3.63, 3.8) is 0 Å². The number of nitrogen functional groups attached to an aromatic ring is 1. The monoisotopic (exact) mass is 202 g/mol. The van der Waals surface area contributed by atoms with E-state index in [9.17, 15) is 0 Å². The van der Waals surface area contributed by atoms with E-state index in [1.807, 2.05) is 6.07 Å². The van der Waals surface area contributed by atoms with Gasteiger partial charge in [0.1, 0.15) is 0 Å². The number of nitrogens with two attached hydrogens (primary N) is 1. The Hall–Kier alpha value is -1.02. The van der Waals surface area contributed by atoms with Crippen LogP contribution in [0.4, 0.5) is 5.69 Å². The van der Waals surface area contributed by atoms with E-state index >= 15 is 0 Å². The Balaban J connectivity index is 2.03. The molecule has 1 aromatic rings. The average Bonchev–Trinajstić information content (AvgIpc) is 2.29. The molecule has 0 amide bonds. The molecule has 3 rings (SSSR count). The maximum atomic E-state index is 6.04. The SMILES string of the molecule is Nc1cccc2c1CCC1NCCCC21. The van der Waals surface area contributed by atoms with Crippen LogP contribution in [0.3, 0.4) is 0 Å². The lowest BCUT2D eigenvalue weighted by molar-refractivity contribution is 0.320. The van der Waals surface area contributed by atoms with Gasteiger partial charge in [-0.3, -0.25) is 0 Å². The van der Waals surface area contributed by atoms with E-state index in [4.69, 9.17) is 5.73 Å². The predicted octanol–water partition coefficient (Wildman–Crippen LogP) is 2.05. The number of rotatable bonds is 0. The van der Waals surface area contributed by atoms with E-state index < -0.39 is 0 Å². The zero-order valence-electron chi connectivity index (χ0n) is 9.00. The summed E-state index contributed by atoms with van der Waals surface area (Å²) in [6, 6.07) is 7.11. The largest absolute Gasteiger partial charge is 0.398 e. The number of benzene rings is 1. The second-order valence-corrected chi connectivity index (χ2v) is 4.76. The lowest BCUT2D eigenvalue weighted by Crippen LogP contribution is -2.42. The van der Waals surface area contributed by atoms with Gasteiger partial charge in [-0.1, -0.05) is 12.1 Å². The van der Waals surface area contributed by atoms with Crippen LogP contribution in [0, 0.1) is 0 Å². The third kappa shape index (κ3) is 1.44. The summed E-state index contributed by atoms with van der Waals surface area (Å²) in [5.74, 6) is 0.714. The molecular formula is C13H18N2. The number of piperidine rings is 1. The summed E-state index contributed by atoms with van der Waals surface area (Å²) in [7, 11) is 0. The van der Waals surface area contributed by atoms with E-state index in [1.54, 1.807) is 0 Å². The molecule has 2 nitrogen and oxygen atoms in total. The van der Waals surface area contributed by atoms with Crippen molar-refractivity contribution in [2.24, 2.45) is 0 Å². The molecular weight excluding hydrogens is 184 g/mol. The molecule has 1 aliphatic carbocycles. The van der Waals surface area contributed by atoms with Crippen molar-refractivity contribution in [2.75, 3.05) is 12.3 Å². The third-order valence-corrected chi connectivity index (χ3v) is 3.94. The van der Waals surface area contributed by atoms with Crippen molar-refractivity contribution < 1.29 is 0 Å². The van der Waals surface area contributed by atoms with E-state index in [0.29, 0.717) is 12.0 Å². The summed E-state index contributed by atoms with van der Waals surface area (Å²) in [4.78, 5) is 0. The quantitative estimate of drug-likeness (QED) is 0.632. The topological polar surface area (TPSA) is 38.0 Å². The van der Waals surface area contributed by atoms with Crippen LogP contribution in [0.5, 0.6) is 0 Å². The lowest BCUT2D eigenvalue weighted by Gasteiger charge is -2.38. The molecule has 1 aromatic carbocycles. The first-order valence-electron chi connectivity index (χ1n) is 5.97. The van der Waals surface area contributed by atoms with Gasteiger partial charge in [-0.25, -0.2) is 0 Å². The fourth-order valence-electron chi connectivity index (χ4n) is 3.19. The molecule has 1 heterocycles. The molecule has 2 heteroatoms. The van der Waals surface area contributed by atoms with E-state index in [-0.39, 0.29) is 0 Å². The highest BCUT2D eigenvalue weighted by Crippen LogP contribution is 2.38. The summed E-state index contributed by atoms with van der Waals surface area (Å²) in [5, 5.41) is 3.64. The number of hydrogen-bond donors (Lipinski definition) is 2. The van der Waals surface area contributed by atoms with Crippen LogP contribution in [0.2, 0.25) is 0 Å². The fourth-order valence-corrected chi connectivity index (χ4v) is 3.19. The molecule has 15 heavy (non-hydrogen) atoms. The molecule has 2 unspecified atom stereocenters. The fraction of sp³-hybridized carbons (Fsp3) is 0.538. The Labute approximate surface area is 90.9 Å².